The molecule has 18 heavy (non-hydrogen) atoms. The summed E-state index contributed by atoms with van der Waals surface area (Å²) in [6.45, 7) is 1.44. The van der Waals surface area contributed by atoms with Crippen molar-refractivity contribution in [2.45, 2.75) is 13.0 Å². The van der Waals surface area contributed by atoms with Gasteiger partial charge in [-0.15, -0.1) is 0 Å². The number of hydrogen-bond acceptors (Lipinski definition) is 5. The van der Waals surface area contributed by atoms with E-state index < -0.39 is 16.9 Å². The van der Waals surface area contributed by atoms with Crippen molar-refractivity contribution >= 4 is 11.6 Å². The summed E-state index contributed by atoms with van der Waals surface area (Å²) in [7, 11) is 1.32. The van der Waals surface area contributed by atoms with E-state index in [0.717, 1.165) is 0 Å². The zero-order chi connectivity index (χ0) is 13.7. The molecule has 0 aliphatic carbocycles. The Kier molecular flexibility index (Phi) is 4.61. The first-order valence-corrected chi connectivity index (χ1v) is 5.23. The molecule has 0 unspecified atom stereocenters. The molecular formula is C11H14N2O5. The lowest BCUT2D eigenvalue weighted by Gasteiger charge is -2.12. The number of aliphatic hydroxyl groups excluding tert-OH is 1. The van der Waals surface area contributed by atoms with Crippen LogP contribution < -0.4 is 10.1 Å². The first kappa shape index (κ1) is 13.9. The van der Waals surface area contributed by atoms with Gasteiger partial charge in [0, 0.05) is 12.1 Å². The van der Waals surface area contributed by atoms with Crippen LogP contribution in [0.2, 0.25) is 0 Å². The third-order valence-electron chi connectivity index (χ3n) is 2.29. The number of carbonyl (C=O) groups is 1. The Hall–Kier alpha value is -2.15. The first-order valence-electron chi connectivity index (χ1n) is 5.23. The van der Waals surface area contributed by atoms with Gasteiger partial charge in [-0.25, -0.2) is 0 Å². The monoisotopic (exact) mass is 254 g/mol. The van der Waals surface area contributed by atoms with Crippen LogP contribution in [0.15, 0.2) is 18.2 Å². The minimum absolute atomic E-state index is 0.117. The van der Waals surface area contributed by atoms with Crippen molar-refractivity contribution in [2.24, 2.45) is 0 Å². The molecule has 0 aliphatic rings. The van der Waals surface area contributed by atoms with E-state index in [-0.39, 0.29) is 23.6 Å². The molecule has 2 N–H and O–H groups in total. The summed E-state index contributed by atoms with van der Waals surface area (Å²) < 4.78 is 4.94. The van der Waals surface area contributed by atoms with Crippen molar-refractivity contribution in [2.75, 3.05) is 13.7 Å². The molecule has 0 heterocycles. The number of hydrogen-bond donors (Lipinski definition) is 2. The number of nitrogens with zero attached hydrogens (tertiary/aromatic N) is 1. The topological polar surface area (TPSA) is 102 Å². The lowest BCUT2D eigenvalue weighted by Crippen LogP contribution is -2.35. The third kappa shape index (κ3) is 3.17. The van der Waals surface area contributed by atoms with Gasteiger partial charge in [-0.1, -0.05) is 0 Å². The number of nitro groups is 1. The van der Waals surface area contributed by atoms with Crippen LogP contribution in [0.3, 0.4) is 0 Å². The lowest BCUT2D eigenvalue weighted by atomic mass is 10.1. The summed E-state index contributed by atoms with van der Waals surface area (Å²) in [5.74, 6) is -0.338. The van der Waals surface area contributed by atoms with Crippen LogP contribution in [-0.2, 0) is 0 Å². The first-order chi connectivity index (χ1) is 8.49. The minimum atomic E-state index is -0.569. The molecular weight excluding hydrogens is 240 g/mol. The van der Waals surface area contributed by atoms with Crippen molar-refractivity contribution < 1.29 is 19.6 Å². The van der Waals surface area contributed by atoms with Crippen LogP contribution >= 0.6 is 0 Å². The molecule has 0 radical (unpaired) electrons. The number of carbonyl (C=O) groups excluding carboxylic acids is 1. The average Bonchev–Trinajstić information content (AvgIpc) is 2.37. The molecule has 1 atom stereocenters. The molecule has 0 spiro atoms. The van der Waals surface area contributed by atoms with E-state index in [1.807, 2.05) is 0 Å². The Labute approximate surface area is 104 Å². The van der Waals surface area contributed by atoms with Gasteiger partial charge in [0.1, 0.15) is 5.75 Å². The molecule has 0 bridgehead atoms. The number of methoxy groups -OCH3 is 1. The number of nitrogens with one attached hydrogen (secondary N) is 1. The highest BCUT2D eigenvalue weighted by molar-refractivity contribution is 5.97. The van der Waals surface area contributed by atoms with Crippen LogP contribution in [0.4, 0.5) is 5.69 Å². The van der Waals surface area contributed by atoms with Crippen molar-refractivity contribution in [3.05, 3.63) is 33.9 Å². The van der Waals surface area contributed by atoms with E-state index >= 15 is 0 Å². The SMILES string of the molecule is COc1cc([N+](=O)[O-])ccc1C(=O)N[C@H](C)CO. The molecule has 0 aromatic heterocycles. The normalized spacial score (nSPS) is 11.7. The molecule has 0 saturated carbocycles. The second-order valence-corrected chi connectivity index (χ2v) is 3.70. The molecule has 0 saturated heterocycles. The van der Waals surface area contributed by atoms with Crippen LogP contribution in [0.1, 0.15) is 17.3 Å². The largest absolute Gasteiger partial charge is 0.496 e. The predicted molar refractivity (Wildman–Crippen MR) is 63.7 cm³/mol. The molecule has 1 rings (SSSR count). The Balaban J connectivity index is 3.02. The quantitative estimate of drug-likeness (QED) is 0.595. The van der Waals surface area contributed by atoms with Crippen LogP contribution in [0.25, 0.3) is 0 Å². The number of ether oxygens (including phenoxy) is 1. The van der Waals surface area contributed by atoms with E-state index in [4.69, 9.17) is 9.84 Å². The lowest BCUT2D eigenvalue weighted by molar-refractivity contribution is -0.384. The van der Waals surface area contributed by atoms with Gasteiger partial charge in [0.25, 0.3) is 11.6 Å². The van der Waals surface area contributed by atoms with Gasteiger partial charge in [-0.3, -0.25) is 14.9 Å². The van der Waals surface area contributed by atoms with Crippen molar-refractivity contribution in [3.63, 3.8) is 0 Å². The Morgan fingerprint density at radius 3 is 2.78 bits per heavy atom. The highest BCUT2D eigenvalue weighted by Crippen LogP contribution is 2.24. The van der Waals surface area contributed by atoms with Gasteiger partial charge >= 0.3 is 0 Å². The van der Waals surface area contributed by atoms with Gasteiger partial charge in [0.2, 0.25) is 0 Å². The number of nitro benzene ring substituents is 1. The summed E-state index contributed by atoms with van der Waals surface area (Å²) >= 11 is 0. The third-order valence-corrected chi connectivity index (χ3v) is 2.29. The molecule has 7 nitrogen and oxygen atoms in total. The van der Waals surface area contributed by atoms with E-state index in [9.17, 15) is 14.9 Å². The Morgan fingerprint density at radius 2 is 2.28 bits per heavy atom. The maximum atomic E-state index is 11.8. The van der Waals surface area contributed by atoms with Crippen LogP contribution in [-0.4, -0.2) is 35.7 Å². The second kappa shape index (κ2) is 5.97. The minimum Gasteiger partial charge on any atom is -0.496 e. The van der Waals surface area contributed by atoms with E-state index in [2.05, 4.69) is 5.32 Å². The maximum Gasteiger partial charge on any atom is 0.273 e. The molecule has 1 aromatic rings. The number of non-ortho nitro benzene ring substituents is 1. The zero-order valence-electron chi connectivity index (χ0n) is 10.0. The van der Waals surface area contributed by atoms with E-state index in [1.54, 1.807) is 6.92 Å². The highest BCUT2D eigenvalue weighted by atomic mass is 16.6. The fourth-order valence-corrected chi connectivity index (χ4v) is 1.33. The molecule has 7 heteroatoms. The second-order valence-electron chi connectivity index (χ2n) is 3.70. The summed E-state index contributed by atoms with van der Waals surface area (Å²) in [4.78, 5) is 21.8. The van der Waals surface area contributed by atoms with Crippen LogP contribution in [0.5, 0.6) is 5.75 Å². The molecule has 1 amide bonds. The van der Waals surface area contributed by atoms with E-state index in [1.165, 1.54) is 25.3 Å². The van der Waals surface area contributed by atoms with Gasteiger partial charge in [-0.2, -0.15) is 0 Å². The summed E-state index contributed by atoms with van der Waals surface area (Å²) in [6.07, 6.45) is 0. The number of aliphatic hydroxyl groups is 1. The summed E-state index contributed by atoms with van der Waals surface area (Å²) in [5.41, 5.74) is 0.0296. The molecule has 1 aromatic carbocycles. The average molecular weight is 254 g/mol. The number of benzene rings is 1. The van der Waals surface area contributed by atoms with Gasteiger partial charge in [0.05, 0.1) is 30.3 Å². The summed E-state index contributed by atoms with van der Waals surface area (Å²) in [5, 5.41) is 22.0. The zero-order valence-corrected chi connectivity index (χ0v) is 10.0. The van der Waals surface area contributed by atoms with Crippen molar-refractivity contribution in [3.8, 4) is 5.75 Å². The molecule has 0 aliphatic heterocycles. The molecule has 0 fully saturated rings. The maximum absolute atomic E-state index is 11.8. The van der Waals surface area contributed by atoms with Crippen molar-refractivity contribution in [1.29, 1.82) is 0 Å². The van der Waals surface area contributed by atoms with E-state index in [0.29, 0.717) is 0 Å². The van der Waals surface area contributed by atoms with Gasteiger partial charge < -0.3 is 15.2 Å². The van der Waals surface area contributed by atoms with Gasteiger partial charge in [0.15, 0.2) is 0 Å². The van der Waals surface area contributed by atoms with Crippen molar-refractivity contribution in [1.82, 2.24) is 5.32 Å². The molecule has 98 valence electrons. The van der Waals surface area contributed by atoms with Crippen LogP contribution in [0, 0.1) is 10.1 Å². The summed E-state index contributed by atoms with van der Waals surface area (Å²) in [6, 6.07) is 3.31. The Bertz CT molecular complexity index is 461. The predicted octanol–water partition coefficient (Wildman–Crippen LogP) is 0.714. The fourth-order valence-electron chi connectivity index (χ4n) is 1.33. The highest BCUT2D eigenvalue weighted by Gasteiger charge is 2.17. The Morgan fingerprint density at radius 1 is 1.61 bits per heavy atom. The number of amides is 1. The number of rotatable bonds is 5. The van der Waals surface area contributed by atoms with Gasteiger partial charge in [-0.05, 0) is 13.0 Å². The fraction of sp³-hybridized carbons (Fsp3) is 0.364. The smallest absolute Gasteiger partial charge is 0.273 e. The standard InChI is InChI=1S/C11H14N2O5/c1-7(6-14)12-11(15)9-4-3-8(13(16)17)5-10(9)18-2/h3-5,7,14H,6H2,1-2H3,(H,12,15)/t7-/m1/s1.